The van der Waals surface area contributed by atoms with Gasteiger partial charge >= 0.3 is 6.03 Å². The number of fused-ring (bicyclic) bond motifs is 1. The molecule has 0 unspecified atom stereocenters. The average molecular weight is 533 g/mol. The summed E-state index contributed by atoms with van der Waals surface area (Å²) in [6, 6.07) is 15.1. The smallest absolute Gasteiger partial charge is 0.324 e. The van der Waals surface area contributed by atoms with E-state index >= 15 is 0 Å². The van der Waals surface area contributed by atoms with Gasteiger partial charge in [-0.25, -0.2) is 9.18 Å². The van der Waals surface area contributed by atoms with Crippen LogP contribution in [0.5, 0.6) is 5.75 Å². The fraction of sp³-hybridized carbons (Fsp3) is 0.345. The van der Waals surface area contributed by atoms with E-state index in [1.54, 1.807) is 22.7 Å². The summed E-state index contributed by atoms with van der Waals surface area (Å²) < 4.78 is 22.0. The number of nitrogens with one attached hydrogen (secondary N) is 3. The monoisotopic (exact) mass is 532 g/mol. The predicted molar refractivity (Wildman–Crippen MR) is 149 cm³/mol. The minimum atomic E-state index is -0.523. The van der Waals surface area contributed by atoms with Crippen molar-refractivity contribution in [3.63, 3.8) is 0 Å². The van der Waals surface area contributed by atoms with Crippen LogP contribution in [0.15, 0.2) is 54.6 Å². The molecule has 4 aromatic rings. The van der Waals surface area contributed by atoms with Gasteiger partial charge in [0.25, 0.3) is 5.91 Å². The molecular formula is C29H33FN6O3. The van der Waals surface area contributed by atoms with Gasteiger partial charge in [0, 0.05) is 73.2 Å². The molecule has 2 aromatic carbocycles. The summed E-state index contributed by atoms with van der Waals surface area (Å²) in [7, 11) is 1.75. The molecular weight excluding hydrogens is 499 g/mol. The Morgan fingerprint density at radius 2 is 1.79 bits per heavy atom. The maximum atomic E-state index is 14.4. The first-order valence-corrected chi connectivity index (χ1v) is 13.0. The van der Waals surface area contributed by atoms with Gasteiger partial charge in [0.05, 0.1) is 5.69 Å². The number of aromatic amines is 1. The highest BCUT2D eigenvalue weighted by Gasteiger charge is 2.26. The maximum absolute atomic E-state index is 14.4. The highest BCUT2D eigenvalue weighted by Crippen LogP contribution is 2.26. The topological polar surface area (TPSA) is 104 Å². The van der Waals surface area contributed by atoms with Crippen LogP contribution in [0, 0.1) is 5.82 Å². The fourth-order valence-electron chi connectivity index (χ4n) is 4.66. The molecule has 2 aromatic heterocycles. The molecule has 3 N–H and O–H groups in total. The number of H-pyrrole nitrogens is 1. The van der Waals surface area contributed by atoms with Crippen LogP contribution in [-0.4, -0.2) is 50.8 Å². The van der Waals surface area contributed by atoms with Gasteiger partial charge < -0.3 is 19.9 Å². The number of nitrogens with zero attached hydrogens (tertiary/aromatic N) is 3. The molecule has 39 heavy (non-hydrogen) atoms. The van der Waals surface area contributed by atoms with Crippen LogP contribution in [0.3, 0.4) is 0 Å². The van der Waals surface area contributed by atoms with E-state index in [0.29, 0.717) is 43.2 Å². The molecule has 0 aliphatic carbocycles. The van der Waals surface area contributed by atoms with Crippen molar-refractivity contribution in [2.24, 2.45) is 7.05 Å². The van der Waals surface area contributed by atoms with Crippen molar-refractivity contribution < 1.29 is 18.7 Å². The number of aromatic nitrogens is 3. The van der Waals surface area contributed by atoms with E-state index in [1.807, 2.05) is 57.2 Å². The van der Waals surface area contributed by atoms with Crippen molar-refractivity contribution in [2.75, 3.05) is 23.7 Å². The number of halogens is 1. The summed E-state index contributed by atoms with van der Waals surface area (Å²) in [4.78, 5) is 30.6. The number of piperidine rings is 1. The van der Waals surface area contributed by atoms with Gasteiger partial charge in [0.15, 0.2) is 0 Å². The van der Waals surface area contributed by atoms with Crippen LogP contribution < -0.4 is 15.4 Å². The second-order valence-electron chi connectivity index (χ2n) is 10.9. The maximum Gasteiger partial charge on any atom is 0.324 e. The molecule has 0 radical (unpaired) electrons. The molecule has 3 amide bonds. The fourth-order valence-corrected chi connectivity index (χ4v) is 4.66. The molecule has 204 valence electrons. The number of urea groups is 1. The molecule has 9 nitrogen and oxygen atoms in total. The lowest BCUT2D eigenvalue weighted by Gasteiger charge is -2.32. The number of hydrogen-bond donors (Lipinski definition) is 3. The number of benzene rings is 2. The highest BCUT2D eigenvalue weighted by atomic mass is 19.1. The van der Waals surface area contributed by atoms with E-state index < -0.39 is 11.8 Å². The summed E-state index contributed by atoms with van der Waals surface area (Å²) in [6.07, 6.45) is 1.05. The van der Waals surface area contributed by atoms with Crippen molar-refractivity contribution in [3.05, 3.63) is 71.8 Å². The van der Waals surface area contributed by atoms with E-state index in [4.69, 9.17) is 4.74 Å². The first-order chi connectivity index (χ1) is 18.5. The van der Waals surface area contributed by atoms with Crippen LogP contribution in [0.25, 0.3) is 10.9 Å². The summed E-state index contributed by atoms with van der Waals surface area (Å²) >= 11 is 0. The molecule has 1 aliphatic heterocycles. The summed E-state index contributed by atoms with van der Waals surface area (Å²) in [5.74, 6) is 0.279. The lowest BCUT2D eigenvalue weighted by molar-refractivity contribution is 0.0591. The zero-order chi connectivity index (χ0) is 27.7. The molecule has 3 heterocycles. The molecule has 10 heteroatoms. The van der Waals surface area contributed by atoms with Gasteiger partial charge in [-0.2, -0.15) is 5.10 Å². The molecule has 0 bridgehead atoms. The summed E-state index contributed by atoms with van der Waals surface area (Å²) in [5, 5.41) is 10.9. The standard InChI is InChI=1S/C29H33FN6O3/c1-29(2,3)25-17-26(35(4)34-25)33-28(38)31-20-14-19(30)15-22(16-20)39-21-9-11-36(12-10-21)27(37)24-13-18-7-5-6-8-23(18)32-24/h5-8,13-17,21,32H,9-12H2,1-4H3,(H2,31,33,38). The van der Waals surface area contributed by atoms with Crippen molar-refractivity contribution in [3.8, 4) is 5.75 Å². The predicted octanol–water partition coefficient (Wildman–Crippen LogP) is 5.67. The Morgan fingerprint density at radius 1 is 1.05 bits per heavy atom. The SMILES string of the molecule is Cn1nc(C(C)(C)C)cc1NC(=O)Nc1cc(F)cc(OC2CCN(C(=O)c3cc4ccccc4[nH]3)CC2)c1. The molecule has 1 aliphatic rings. The first kappa shape index (κ1) is 26.3. The van der Waals surface area contributed by atoms with Gasteiger partial charge in [0.2, 0.25) is 0 Å². The normalized spacial score (nSPS) is 14.4. The highest BCUT2D eigenvalue weighted by molar-refractivity contribution is 5.99. The van der Waals surface area contributed by atoms with Gasteiger partial charge in [-0.3, -0.25) is 14.8 Å². The zero-order valence-electron chi connectivity index (χ0n) is 22.5. The number of likely N-dealkylation sites (tertiary alicyclic amines) is 1. The molecule has 1 fully saturated rings. The van der Waals surface area contributed by atoms with Gasteiger partial charge in [0.1, 0.15) is 29.2 Å². The van der Waals surface area contributed by atoms with Crippen molar-refractivity contribution in [2.45, 2.75) is 45.1 Å². The minimum Gasteiger partial charge on any atom is -0.490 e. The quantitative estimate of drug-likeness (QED) is 0.308. The Hall–Kier alpha value is -4.34. The Kier molecular flexibility index (Phi) is 7.03. The van der Waals surface area contributed by atoms with Crippen molar-refractivity contribution >= 4 is 34.3 Å². The van der Waals surface area contributed by atoms with Gasteiger partial charge in [-0.05, 0) is 18.2 Å². The number of para-hydroxylation sites is 1. The van der Waals surface area contributed by atoms with Crippen LogP contribution >= 0.6 is 0 Å². The third-order valence-electron chi connectivity index (χ3n) is 6.81. The molecule has 1 saturated heterocycles. The Morgan fingerprint density at radius 3 is 2.49 bits per heavy atom. The second-order valence-corrected chi connectivity index (χ2v) is 10.9. The van der Waals surface area contributed by atoms with Gasteiger partial charge in [-0.1, -0.05) is 39.0 Å². The zero-order valence-corrected chi connectivity index (χ0v) is 22.5. The average Bonchev–Trinajstić information content (AvgIpc) is 3.47. The van der Waals surface area contributed by atoms with E-state index in [-0.39, 0.29) is 23.1 Å². The summed E-state index contributed by atoms with van der Waals surface area (Å²) in [6.45, 7) is 7.18. The number of aryl methyl sites for hydroxylation is 1. The molecule has 5 rings (SSSR count). The third kappa shape index (κ3) is 6.05. The Bertz CT molecular complexity index is 1480. The van der Waals surface area contributed by atoms with E-state index in [0.717, 1.165) is 16.6 Å². The van der Waals surface area contributed by atoms with Crippen LogP contribution in [0.2, 0.25) is 0 Å². The number of carbonyl (C=O) groups excluding carboxylic acids is 2. The lowest BCUT2D eigenvalue weighted by Crippen LogP contribution is -2.41. The molecule has 0 spiro atoms. The largest absolute Gasteiger partial charge is 0.490 e. The van der Waals surface area contributed by atoms with E-state index in [1.165, 1.54) is 12.1 Å². The first-order valence-electron chi connectivity index (χ1n) is 13.0. The second kappa shape index (κ2) is 10.4. The number of carbonyl (C=O) groups is 2. The number of rotatable bonds is 5. The van der Waals surface area contributed by atoms with E-state index in [9.17, 15) is 14.0 Å². The Balaban J connectivity index is 1.17. The van der Waals surface area contributed by atoms with Crippen molar-refractivity contribution in [1.29, 1.82) is 0 Å². The number of hydrogen-bond acceptors (Lipinski definition) is 4. The third-order valence-corrected chi connectivity index (χ3v) is 6.81. The van der Waals surface area contributed by atoms with Crippen LogP contribution in [0.1, 0.15) is 49.8 Å². The lowest BCUT2D eigenvalue weighted by atomic mass is 9.92. The summed E-state index contributed by atoms with van der Waals surface area (Å²) in [5.41, 5.74) is 2.44. The Labute approximate surface area is 226 Å². The molecule has 0 saturated carbocycles. The minimum absolute atomic E-state index is 0.0454. The van der Waals surface area contributed by atoms with Gasteiger partial charge in [-0.15, -0.1) is 0 Å². The van der Waals surface area contributed by atoms with Crippen LogP contribution in [0.4, 0.5) is 20.7 Å². The van der Waals surface area contributed by atoms with Crippen LogP contribution in [-0.2, 0) is 12.5 Å². The number of amides is 3. The van der Waals surface area contributed by atoms with E-state index in [2.05, 4.69) is 20.7 Å². The molecule has 0 atom stereocenters. The number of ether oxygens (including phenoxy) is 1. The van der Waals surface area contributed by atoms with Crippen molar-refractivity contribution in [1.82, 2.24) is 19.7 Å². The number of anilines is 2.